The average Bonchev–Trinajstić information content (AvgIpc) is 1.85. The molecule has 1 aliphatic carbocycles. The maximum Gasteiger partial charge on any atom is 0.199 e. The molecular weight excluding hydrogens is 272 g/mol. The van der Waals surface area contributed by atoms with E-state index in [0.29, 0.717) is 6.42 Å². The first-order valence-electron chi connectivity index (χ1n) is 4.00. The summed E-state index contributed by atoms with van der Waals surface area (Å²) in [4.78, 5) is 10.8. The SMILES string of the molecule is O=C(Br)CC1(Br)CCCCC1. The van der Waals surface area contributed by atoms with Gasteiger partial charge in [0.05, 0.1) is 0 Å². The third-order valence-corrected chi connectivity index (χ3v) is 3.56. The molecule has 0 saturated heterocycles. The van der Waals surface area contributed by atoms with E-state index in [1.807, 2.05) is 0 Å². The summed E-state index contributed by atoms with van der Waals surface area (Å²) in [5.41, 5.74) is 0. The second-order valence-electron chi connectivity index (χ2n) is 3.24. The van der Waals surface area contributed by atoms with Gasteiger partial charge in [-0.1, -0.05) is 35.2 Å². The molecule has 1 nitrogen and oxygen atoms in total. The van der Waals surface area contributed by atoms with Gasteiger partial charge < -0.3 is 0 Å². The quantitative estimate of drug-likeness (QED) is 0.561. The van der Waals surface area contributed by atoms with E-state index in [9.17, 15) is 4.79 Å². The summed E-state index contributed by atoms with van der Waals surface area (Å²) < 4.78 is 0.238. The number of carbonyl (C=O) groups excluding carboxylic acids is 1. The van der Waals surface area contributed by atoms with Crippen LogP contribution in [0.15, 0.2) is 0 Å². The molecule has 1 fully saturated rings. The van der Waals surface area contributed by atoms with Crippen molar-refractivity contribution in [3.8, 4) is 0 Å². The average molecular weight is 284 g/mol. The van der Waals surface area contributed by atoms with Gasteiger partial charge in [0.15, 0.2) is 4.69 Å². The molecule has 1 rings (SSSR count). The standard InChI is InChI=1S/C8H12Br2O/c9-7(11)6-8(10)4-2-1-3-5-8/h1-6H2. The summed E-state index contributed by atoms with van der Waals surface area (Å²) in [7, 11) is 0. The lowest BCUT2D eigenvalue weighted by Gasteiger charge is -2.30. The highest BCUT2D eigenvalue weighted by molar-refractivity contribution is 9.18. The van der Waals surface area contributed by atoms with Gasteiger partial charge in [0.1, 0.15) is 0 Å². The number of carbonyl (C=O) groups is 1. The molecule has 3 heteroatoms. The summed E-state index contributed by atoms with van der Waals surface area (Å²) in [5.74, 6) is 0. The molecule has 0 atom stereocenters. The zero-order valence-corrected chi connectivity index (χ0v) is 9.58. The van der Waals surface area contributed by atoms with Crippen molar-refractivity contribution < 1.29 is 4.79 Å². The Morgan fingerprint density at radius 1 is 1.27 bits per heavy atom. The summed E-state index contributed by atoms with van der Waals surface area (Å²) in [6.45, 7) is 0. The zero-order valence-electron chi connectivity index (χ0n) is 6.41. The molecular formula is C8H12Br2O. The summed E-state index contributed by atoms with van der Waals surface area (Å²) in [5, 5.41) is 0. The molecule has 0 aliphatic heterocycles. The van der Waals surface area contributed by atoms with Crippen LogP contribution in [0.25, 0.3) is 0 Å². The van der Waals surface area contributed by atoms with Crippen molar-refractivity contribution in [1.82, 2.24) is 0 Å². The van der Waals surface area contributed by atoms with E-state index in [0.717, 1.165) is 12.8 Å². The van der Waals surface area contributed by atoms with Crippen molar-refractivity contribution >= 4 is 36.6 Å². The van der Waals surface area contributed by atoms with Crippen LogP contribution in [-0.4, -0.2) is 9.02 Å². The van der Waals surface area contributed by atoms with E-state index in [1.165, 1.54) is 19.3 Å². The number of hydrogen-bond donors (Lipinski definition) is 0. The van der Waals surface area contributed by atoms with E-state index in [4.69, 9.17) is 0 Å². The fourth-order valence-corrected chi connectivity index (χ4v) is 3.34. The Balaban J connectivity index is 2.43. The molecule has 0 spiro atoms. The van der Waals surface area contributed by atoms with Crippen LogP contribution < -0.4 is 0 Å². The Hall–Kier alpha value is 0.630. The van der Waals surface area contributed by atoms with Crippen LogP contribution in [-0.2, 0) is 4.79 Å². The van der Waals surface area contributed by atoms with Crippen molar-refractivity contribution in [3.05, 3.63) is 0 Å². The Labute approximate surface area is 84.2 Å². The highest BCUT2D eigenvalue weighted by Gasteiger charge is 2.30. The van der Waals surface area contributed by atoms with Gasteiger partial charge in [0.25, 0.3) is 0 Å². The third-order valence-electron chi connectivity index (χ3n) is 2.21. The maximum absolute atomic E-state index is 10.8. The first-order chi connectivity index (χ1) is 5.12. The fourth-order valence-electron chi connectivity index (χ4n) is 1.61. The smallest absolute Gasteiger partial charge is 0.199 e. The molecule has 0 radical (unpaired) electrons. The van der Waals surface area contributed by atoms with Crippen LogP contribution in [0.1, 0.15) is 38.5 Å². The largest absolute Gasteiger partial charge is 0.287 e. The van der Waals surface area contributed by atoms with Crippen LogP contribution in [0.4, 0.5) is 0 Å². The Morgan fingerprint density at radius 2 is 1.82 bits per heavy atom. The highest BCUT2D eigenvalue weighted by atomic mass is 79.9. The normalized spacial score (nSPS) is 23.1. The highest BCUT2D eigenvalue weighted by Crippen LogP contribution is 2.39. The third kappa shape index (κ3) is 3.24. The Bertz CT molecular complexity index is 150. The molecule has 0 bridgehead atoms. The molecule has 1 aliphatic rings. The first kappa shape index (κ1) is 9.72. The molecule has 0 N–H and O–H groups in total. The van der Waals surface area contributed by atoms with Gasteiger partial charge in [0.2, 0.25) is 0 Å². The Kier molecular flexibility index (Phi) is 3.56. The van der Waals surface area contributed by atoms with Crippen LogP contribution in [0.2, 0.25) is 0 Å². The number of alkyl halides is 1. The molecule has 0 amide bonds. The lowest BCUT2D eigenvalue weighted by Crippen LogP contribution is -2.25. The predicted octanol–water partition coefficient (Wildman–Crippen LogP) is 3.40. The fraction of sp³-hybridized carbons (Fsp3) is 0.875. The molecule has 0 heterocycles. The zero-order chi connectivity index (χ0) is 8.32. The first-order valence-corrected chi connectivity index (χ1v) is 5.58. The molecule has 11 heavy (non-hydrogen) atoms. The van der Waals surface area contributed by atoms with Crippen molar-refractivity contribution in [1.29, 1.82) is 0 Å². The topological polar surface area (TPSA) is 17.1 Å². The number of rotatable bonds is 2. The van der Waals surface area contributed by atoms with Gasteiger partial charge in [-0.2, -0.15) is 0 Å². The minimum atomic E-state index is 0.117. The maximum atomic E-state index is 10.8. The lowest BCUT2D eigenvalue weighted by atomic mass is 9.87. The van der Waals surface area contributed by atoms with E-state index in [1.54, 1.807) is 0 Å². The van der Waals surface area contributed by atoms with Gasteiger partial charge >= 0.3 is 0 Å². The molecule has 0 aromatic carbocycles. The molecule has 0 aromatic rings. The van der Waals surface area contributed by atoms with Crippen LogP contribution in [0.5, 0.6) is 0 Å². The van der Waals surface area contributed by atoms with E-state index >= 15 is 0 Å². The number of halogens is 2. The van der Waals surface area contributed by atoms with Gasteiger partial charge in [-0.3, -0.25) is 4.79 Å². The molecule has 64 valence electrons. The Morgan fingerprint density at radius 3 is 2.27 bits per heavy atom. The van der Waals surface area contributed by atoms with Crippen molar-refractivity contribution in [3.63, 3.8) is 0 Å². The summed E-state index contributed by atoms with van der Waals surface area (Å²) in [6, 6.07) is 0. The van der Waals surface area contributed by atoms with Crippen LogP contribution in [0, 0.1) is 0 Å². The molecule has 0 aromatic heterocycles. The summed E-state index contributed by atoms with van der Waals surface area (Å²) in [6.07, 6.45) is 6.75. The van der Waals surface area contributed by atoms with E-state index < -0.39 is 0 Å². The molecule has 1 saturated carbocycles. The van der Waals surface area contributed by atoms with Gasteiger partial charge in [-0.25, -0.2) is 0 Å². The minimum absolute atomic E-state index is 0.117. The molecule has 0 unspecified atom stereocenters. The van der Waals surface area contributed by atoms with Gasteiger partial charge in [-0.15, -0.1) is 0 Å². The van der Waals surface area contributed by atoms with Gasteiger partial charge in [-0.05, 0) is 28.8 Å². The number of hydrogen-bond acceptors (Lipinski definition) is 1. The van der Waals surface area contributed by atoms with Crippen molar-refractivity contribution in [2.75, 3.05) is 0 Å². The predicted molar refractivity (Wildman–Crippen MR) is 53.3 cm³/mol. The second-order valence-corrected chi connectivity index (χ2v) is 5.81. The lowest BCUT2D eigenvalue weighted by molar-refractivity contribution is -0.110. The second kappa shape index (κ2) is 4.04. The summed E-state index contributed by atoms with van der Waals surface area (Å²) >= 11 is 6.62. The van der Waals surface area contributed by atoms with Crippen LogP contribution >= 0.6 is 31.9 Å². The van der Waals surface area contributed by atoms with E-state index in [2.05, 4.69) is 31.9 Å². The van der Waals surface area contributed by atoms with Crippen LogP contribution in [0.3, 0.4) is 0 Å². The van der Waals surface area contributed by atoms with Gasteiger partial charge in [0, 0.05) is 10.7 Å². The van der Waals surface area contributed by atoms with Crippen molar-refractivity contribution in [2.45, 2.75) is 42.8 Å². The minimum Gasteiger partial charge on any atom is -0.287 e. The van der Waals surface area contributed by atoms with E-state index in [-0.39, 0.29) is 9.02 Å². The monoisotopic (exact) mass is 282 g/mol. The van der Waals surface area contributed by atoms with Crippen molar-refractivity contribution in [2.24, 2.45) is 0 Å².